The molecule has 2 unspecified atom stereocenters. The second-order valence-corrected chi connectivity index (χ2v) is 3.64. The van der Waals surface area contributed by atoms with Crippen molar-refractivity contribution >= 4 is 0 Å². The molecule has 0 aliphatic carbocycles. The summed E-state index contributed by atoms with van der Waals surface area (Å²) < 4.78 is 10.6. The third-order valence-electron chi connectivity index (χ3n) is 2.54. The van der Waals surface area contributed by atoms with E-state index >= 15 is 0 Å². The average molecular weight is 187 g/mol. The molecule has 0 aromatic heterocycles. The van der Waals surface area contributed by atoms with E-state index in [1.807, 2.05) is 0 Å². The summed E-state index contributed by atoms with van der Waals surface area (Å²) in [5, 5.41) is 3.51. The normalized spacial score (nSPS) is 24.9. The molecule has 1 heterocycles. The highest BCUT2D eigenvalue weighted by Crippen LogP contribution is 2.16. The minimum atomic E-state index is 0.479. The van der Waals surface area contributed by atoms with Gasteiger partial charge in [-0.05, 0) is 19.4 Å². The molecule has 1 fully saturated rings. The van der Waals surface area contributed by atoms with Crippen LogP contribution in [0, 0.1) is 5.92 Å². The third kappa shape index (κ3) is 3.63. The van der Waals surface area contributed by atoms with Crippen molar-refractivity contribution in [2.24, 2.45) is 5.92 Å². The quantitative estimate of drug-likeness (QED) is 0.674. The third-order valence-corrected chi connectivity index (χ3v) is 2.54. The predicted molar refractivity (Wildman–Crippen MR) is 52.9 cm³/mol. The summed E-state index contributed by atoms with van der Waals surface area (Å²) in [4.78, 5) is 0. The van der Waals surface area contributed by atoms with E-state index < -0.39 is 0 Å². The molecular weight excluding hydrogens is 166 g/mol. The Bertz CT molecular complexity index is 124. The van der Waals surface area contributed by atoms with Gasteiger partial charge in [-0.15, -0.1) is 0 Å². The maximum absolute atomic E-state index is 5.37. The maximum atomic E-state index is 5.37. The molecule has 1 aliphatic heterocycles. The van der Waals surface area contributed by atoms with Crippen molar-refractivity contribution in [1.29, 1.82) is 0 Å². The molecule has 3 heteroatoms. The zero-order chi connectivity index (χ0) is 9.52. The van der Waals surface area contributed by atoms with Crippen LogP contribution in [0.3, 0.4) is 0 Å². The minimum Gasteiger partial charge on any atom is -0.383 e. The van der Waals surface area contributed by atoms with Gasteiger partial charge in [0, 0.05) is 25.7 Å². The molecule has 1 rings (SSSR count). The van der Waals surface area contributed by atoms with Gasteiger partial charge in [0.2, 0.25) is 0 Å². The first-order chi connectivity index (χ1) is 6.38. The standard InChI is InChI=1S/C10H21NO2/c1-3-5-11-10(8-12-2)9-4-6-13-7-9/h9-11H,3-8H2,1-2H3. The number of rotatable bonds is 6. The summed E-state index contributed by atoms with van der Waals surface area (Å²) >= 11 is 0. The Morgan fingerprint density at radius 1 is 1.62 bits per heavy atom. The first kappa shape index (κ1) is 11.0. The zero-order valence-electron chi connectivity index (χ0n) is 8.71. The van der Waals surface area contributed by atoms with Gasteiger partial charge in [-0.2, -0.15) is 0 Å². The fourth-order valence-corrected chi connectivity index (χ4v) is 1.74. The zero-order valence-corrected chi connectivity index (χ0v) is 8.71. The molecule has 1 N–H and O–H groups in total. The molecule has 0 aromatic carbocycles. The van der Waals surface area contributed by atoms with E-state index in [0.29, 0.717) is 12.0 Å². The molecule has 2 atom stereocenters. The van der Waals surface area contributed by atoms with Crippen molar-refractivity contribution in [2.75, 3.05) is 33.5 Å². The van der Waals surface area contributed by atoms with E-state index in [1.165, 1.54) is 12.8 Å². The van der Waals surface area contributed by atoms with Crippen LogP contribution in [0.25, 0.3) is 0 Å². The van der Waals surface area contributed by atoms with E-state index in [2.05, 4.69) is 12.2 Å². The summed E-state index contributed by atoms with van der Waals surface area (Å²) in [5.74, 6) is 0.645. The first-order valence-electron chi connectivity index (χ1n) is 5.18. The number of hydrogen-bond acceptors (Lipinski definition) is 3. The Kier molecular flexibility index (Phi) is 5.35. The van der Waals surface area contributed by atoms with Gasteiger partial charge < -0.3 is 14.8 Å². The summed E-state index contributed by atoms with van der Waals surface area (Å²) in [6, 6.07) is 0.479. The van der Waals surface area contributed by atoms with Gasteiger partial charge in [0.25, 0.3) is 0 Å². The lowest BCUT2D eigenvalue weighted by molar-refractivity contribution is 0.124. The molecule has 0 bridgehead atoms. The van der Waals surface area contributed by atoms with Crippen LogP contribution in [0.15, 0.2) is 0 Å². The smallest absolute Gasteiger partial charge is 0.0619 e. The number of ether oxygens (including phenoxy) is 2. The van der Waals surface area contributed by atoms with Crippen LogP contribution in [0.5, 0.6) is 0 Å². The minimum absolute atomic E-state index is 0.479. The molecule has 13 heavy (non-hydrogen) atoms. The SMILES string of the molecule is CCCNC(COC)C1CCOC1. The Labute approximate surface area is 80.8 Å². The van der Waals surface area contributed by atoms with Crippen LogP contribution in [-0.2, 0) is 9.47 Å². The summed E-state index contributed by atoms with van der Waals surface area (Å²) in [7, 11) is 1.76. The highest BCUT2D eigenvalue weighted by molar-refractivity contribution is 4.78. The topological polar surface area (TPSA) is 30.5 Å². The second kappa shape index (κ2) is 6.35. The Morgan fingerprint density at radius 3 is 3.00 bits per heavy atom. The van der Waals surface area contributed by atoms with E-state index in [1.54, 1.807) is 7.11 Å². The molecule has 78 valence electrons. The van der Waals surface area contributed by atoms with Crippen molar-refractivity contribution in [1.82, 2.24) is 5.32 Å². The van der Waals surface area contributed by atoms with Crippen LogP contribution in [-0.4, -0.2) is 39.5 Å². The van der Waals surface area contributed by atoms with Gasteiger partial charge in [-0.25, -0.2) is 0 Å². The molecule has 0 radical (unpaired) electrons. The molecule has 0 aromatic rings. The molecular formula is C10H21NO2. The highest BCUT2D eigenvalue weighted by Gasteiger charge is 2.24. The lowest BCUT2D eigenvalue weighted by Crippen LogP contribution is -2.40. The van der Waals surface area contributed by atoms with Crippen molar-refractivity contribution in [3.05, 3.63) is 0 Å². The second-order valence-electron chi connectivity index (χ2n) is 3.64. The molecule has 0 amide bonds. The number of nitrogens with one attached hydrogen (secondary N) is 1. The predicted octanol–water partition coefficient (Wildman–Crippen LogP) is 1.04. The van der Waals surface area contributed by atoms with Crippen LogP contribution in [0.2, 0.25) is 0 Å². The Balaban J connectivity index is 2.26. The van der Waals surface area contributed by atoms with Crippen LogP contribution < -0.4 is 5.32 Å². The summed E-state index contributed by atoms with van der Waals surface area (Å²) in [5.41, 5.74) is 0. The maximum Gasteiger partial charge on any atom is 0.0619 e. The number of hydrogen-bond donors (Lipinski definition) is 1. The van der Waals surface area contributed by atoms with Gasteiger partial charge in [0.15, 0.2) is 0 Å². The lowest BCUT2D eigenvalue weighted by atomic mass is 10.00. The largest absolute Gasteiger partial charge is 0.383 e. The summed E-state index contributed by atoms with van der Waals surface area (Å²) in [6.07, 6.45) is 2.35. The van der Waals surface area contributed by atoms with Crippen molar-refractivity contribution < 1.29 is 9.47 Å². The van der Waals surface area contributed by atoms with Crippen molar-refractivity contribution in [3.63, 3.8) is 0 Å². The van der Waals surface area contributed by atoms with Crippen LogP contribution in [0.4, 0.5) is 0 Å². The Hall–Kier alpha value is -0.120. The van der Waals surface area contributed by atoms with E-state index in [0.717, 1.165) is 26.4 Å². The van der Waals surface area contributed by atoms with Crippen molar-refractivity contribution in [2.45, 2.75) is 25.8 Å². The lowest BCUT2D eigenvalue weighted by Gasteiger charge is -2.22. The van der Waals surface area contributed by atoms with Crippen LogP contribution >= 0.6 is 0 Å². The molecule has 1 saturated heterocycles. The molecule has 0 saturated carbocycles. The summed E-state index contributed by atoms with van der Waals surface area (Å²) in [6.45, 7) is 5.87. The van der Waals surface area contributed by atoms with E-state index in [-0.39, 0.29) is 0 Å². The molecule has 0 spiro atoms. The van der Waals surface area contributed by atoms with Crippen molar-refractivity contribution in [3.8, 4) is 0 Å². The molecule has 1 aliphatic rings. The highest BCUT2D eigenvalue weighted by atomic mass is 16.5. The van der Waals surface area contributed by atoms with E-state index in [9.17, 15) is 0 Å². The number of methoxy groups -OCH3 is 1. The van der Waals surface area contributed by atoms with Gasteiger partial charge in [0.05, 0.1) is 13.2 Å². The van der Waals surface area contributed by atoms with Gasteiger partial charge in [0.1, 0.15) is 0 Å². The fraction of sp³-hybridized carbons (Fsp3) is 1.00. The van der Waals surface area contributed by atoms with Gasteiger partial charge >= 0.3 is 0 Å². The van der Waals surface area contributed by atoms with Crippen LogP contribution in [0.1, 0.15) is 19.8 Å². The van der Waals surface area contributed by atoms with E-state index in [4.69, 9.17) is 9.47 Å². The average Bonchev–Trinajstić information content (AvgIpc) is 2.65. The van der Waals surface area contributed by atoms with Gasteiger partial charge in [-0.3, -0.25) is 0 Å². The first-order valence-corrected chi connectivity index (χ1v) is 5.18. The van der Waals surface area contributed by atoms with Gasteiger partial charge in [-0.1, -0.05) is 6.92 Å². The monoisotopic (exact) mass is 187 g/mol. The Morgan fingerprint density at radius 2 is 2.46 bits per heavy atom. The fourth-order valence-electron chi connectivity index (χ4n) is 1.74. The molecule has 3 nitrogen and oxygen atoms in total.